The third-order valence-electron chi connectivity index (χ3n) is 18.4. The van der Waals surface area contributed by atoms with Crippen molar-refractivity contribution in [3.8, 4) is 0 Å². The quantitative estimate of drug-likeness (QED) is 0.165. The summed E-state index contributed by atoms with van der Waals surface area (Å²) in [4.78, 5) is 6.04. The monoisotopic (exact) mass is 1100 g/mol. The van der Waals surface area contributed by atoms with Crippen molar-refractivity contribution >= 4 is 53.8 Å². The molecule has 0 radical (unpaired) electrons. The van der Waals surface area contributed by atoms with Gasteiger partial charge in [-0.25, -0.2) is 16.8 Å². The molecule has 0 aromatic heterocycles. The molecule has 4 aliphatic rings. The fourth-order valence-corrected chi connectivity index (χ4v) is 18.6. The maximum atomic E-state index is 14.8. The van der Waals surface area contributed by atoms with Crippen LogP contribution < -0.4 is 9.80 Å². The molecule has 4 aliphatic heterocycles. The third-order valence-corrected chi connectivity index (χ3v) is 22.1. The second kappa shape index (κ2) is 17.7. The lowest BCUT2D eigenvalue weighted by Gasteiger charge is -2.51. The van der Waals surface area contributed by atoms with Crippen molar-refractivity contribution in [3.05, 3.63) is 334 Å². The van der Waals surface area contributed by atoms with Crippen LogP contribution in [0.25, 0.3) is 0 Å². The van der Waals surface area contributed by atoms with E-state index in [-0.39, 0.29) is 0 Å². The Bertz CT molecular complexity index is 4300. The molecular weight excluding hydrogens is 1040 g/mol. The van der Waals surface area contributed by atoms with Crippen molar-refractivity contribution in [3.63, 3.8) is 0 Å². The molecule has 4 heterocycles. The summed E-state index contributed by atoms with van der Waals surface area (Å²) in [7, 11) is -7.75. The van der Waals surface area contributed by atoms with Crippen molar-refractivity contribution < 1.29 is 16.8 Å². The van der Waals surface area contributed by atoms with Gasteiger partial charge in [0, 0.05) is 22.2 Å². The van der Waals surface area contributed by atoms with Crippen LogP contribution in [-0.2, 0) is 41.3 Å². The first kappa shape index (κ1) is 49.9. The third kappa shape index (κ3) is 6.62. The first-order valence-electron chi connectivity index (χ1n) is 27.9. The largest absolute Gasteiger partial charge is 0.310 e. The highest BCUT2D eigenvalue weighted by atomic mass is 32.2. The van der Waals surface area contributed by atoms with Crippen molar-refractivity contribution in [2.45, 2.75) is 68.9 Å². The molecule has 8 heteroatoms. The number of rotatable bonds is 6. The van der Waals surface area contributed by atoms with E-state index in [0.29, 0.717) is 19.6 Å². The fourth-order valence-electron chi connectivity index (χ4n) is 14.7. The van der Waals surface area contributed by atoms with Gasteiger partial charge in [0.15, 0.2) is 0 Å². The zero-order valence-electron chi connectivity index (χ0n) is 45.7. The summed E-state index contributed by atoms with van der Waals surface area (Å²) in [6.45, 7) is 8.51. The lowest BCUT2D eigenvalue weighted by molar-refractivity contribution is 0.555. The molecule has 82 heavy (non-hydrogen) atoms. The van der Waals surface area contributed by atoms with Gasteiger partial charge < -0.3 is 9.80 Å². The standard InChI is InChI=1S/C74H56N2O4S2/c1-71(2)57-35-19-23-39-67(57)81(77,78)69-43-41-53(45-61(69)71)75-63-37-21-17-33-55(63)73(49-25-9-5-10-26-49,50-27-11-6-12-28-50)59-48-66-60(47-65(59)75)74(51-29-13-7-14-30-51,52-31-15-8-16-32-52)56-34-18-22-38-64(56)76(66)54-42-44-70-62(46-54)72(3,4)58-36-20-24-40-68(58)82(70,79)80/h5-48H,1-4H3. The van der Waals surface area contributed by atoms with Gasteiger partial charge in [-0.2, -0.15) is 0 Å². The van der Waals surface area contributed by atoms with Crippen LogP contribution in [0, 0.1) is 0 Å². The van der Waals surface area contributed by atoms with Crippen LogP contribution in [0.15, 0.2) is 287 Å². The number of benzene rings is 11. The molecule has 0 amide bonds. The van der Waals surface area contributed by atoms with Gasteiger partial charge >= 0.3 is 0 Å². The SMILES string of the molecule is CC1(C)c2ccccc2S(=O)(=O)c2ccc(N3c4ccccc4C(c4ccccc4)(c4ccccc4)c4cc5c(cc43)C(c3ccccc3)(c3ccccc3)c3ccccc3N5c3ccc4c(c3)C(C)(C)c3ccccc3S4(=O)=O)cc21. The van der Waals surface area contributed by atoms with Crippen molar-refractivity contribution in [2.75, 3.05) is 9.80 Å². The number of anilines is 6. The maximum Gasteiger partial charge on any atom is 0.207 e. The minimum atomic E-state index is -3.87. The Hall–Kier alpha value is -9.08. The summed E-state index contributed by atoms with van der Waals surface area (Å²) in [6.07, 6.45) is 0. The number of hydrogen-bond acceptors (Lipinski definition) is 6. The maximum absolute atomic E-state index is 14.8. The van der Waals surface area contributed by atoms with Gasteiger partial charge in [0.25, 0.3) is 0 Å². The predicted octanol–water partition coefficient (Wildman–Crippen LogP) is 17.0. The van der Waals surface area contributed by atoms with Gasteiger partial charge in [0.1, 0.15) is 0 Å². The lowest BCUT2D eigenvalue weighted by atomic mass is 9.59. The Balaban J connectivity index is 1.12. The smallest absolute Gasteiger partial charge is 0.207 e. The minimum absolute atomic E-state index is 0.308. The number of sulfone groups is 2. The minimum Gasteiger partial charge on any atom is -0.310 e. The van der Waals surface area contributed by atoms with E-state index in [1.165, 1.54) is 0 Å². The van der Waals surface area contributed by atoms with Gasteiger partial charge in [-0.15, -0.1) is 0 Å². The molecule has 398 valence electrons. The van der Waals surface area contributed by atoms with E-state index in [9.17, 15) is 16.8 Å². The van der Waals surface area contributed by atoms with Gasteiger partial charge in [0.2, 0.25) is 19.7 Å². The lowest BCUT2D eigenvalue weighted by Crippen LogP contribution is -2.41. The molecule has 0 spiro atoms. The molecule has 0 atom stereocenters. The molecule has 0 saturated heterocycles. The van der Waals surface area contributed by atoms with Crippen LogP contribution in [0.5, 0.6) is 0 Å². The normalized spacial score (nSPS) is 17.3. The van der Waals surface area contributed by atoms with Crippen LogP contribution in [-0.4, -0.2) is 16.8 Å². The Kier molecular flexibility index (Phi) is 10.8. The second-order valence-electron chi connectivity index (χ2n) is 23.2. The Morgan fingerprint density at radius 2 is 0.537 bits per heavy atom. The van der Waals surface area contributed by atoms with E-state index in [4.69, 9.17) is 0 Å². The summed E-state index contributed by atoms with van der Waals surface area (Å²) in [5, 5.41) is 0. The van der Waals surface area contributed by atoms with Crippen LogP contribution in [0.3, 0.4) is 0 Å². The van der Waals surface area contributed by atoms with Crippen LogP contribution in [0.4, 0.5) is 34.1 Å². The van der Waals surface area contributed by atoms with Gasteiger partial charge in [0.05, 0.1) is 53.2 Å². The van der Waals surface area contributed by atoms with Crippen LogP contribution in [0.1, 0.15) is 94.5 Å². The van der Waals surface area contributed by atoms with Gasteiger partial charge in [-0.3, -0.25) is 0 Å². The van der Waals surface area contributed by atoms with Crippen molar-refractivity contribution in [1.29, 1.82) is 0 Å². The van der Waals surface area contributed by atoms with Crippen LogP contribution in [0.2, 0.25) is 0 Å². The molecular formula is C74H56N2O4S2. The van der Waals surface area contributed by atoms with Crippen LogP contribution >= 0.6 is 0 Å². The highest BCUT2D eigenvalue weighted by Gasteiger charge is 2.53. The summed E-state index contributed by atoms with van der Waals surface area (Å²) < 4.78 is 59.1. The molecule has 0 fully saturated rings. The van der Waals surface area contributed by atoms with Crippen molar-refractivity contribution in [1.82, 2.24) is 0 Å². The Morgan fingerprint density at radius 3 is 0.878 bits per heavy atom. The Labute approximate surface area is 480 Å². The molecule has 0 saturated carbocycles. The molecule has 0 bridgehead atoms. The first-order chi connectivity index (χ1) is 39.7. The van der Waals surface area contributed by atoms with Crippen molar-refractivity contribution in [2.24, 2.45) is 0 Å². The summed E-state index contributed by atoms with van der Waals surface area (Å²) in [6, 6.07) is 92.1. The van der Waals surface area contributed by atoms with E-state index in [2.05, 4.69) is 232 Å². The Morgan fingerprint density at radius 1 is 0.256 bits per heavy atom. The number of fused-ring (bicyclic) bond motifs is 8. The highest BCUT2D eigenvalue weighted by molar-refractivity contribution is 7.92. The summed E-state index contributed by atoms with van der Waals surface area (Å²) >= 11 is 0. The molecule has 0 aliphatic carbocycles. The van der Waals surface area contributed by atoms with Gasteiger partial charge in [-0.1, -0.05) is 222 Å². The molecule has 0 N–H and O–H groups in total. The number of nitrogens with zero attached hydrogens (tertiary/aromatic N) is 2. The molecule has 6 nitrogen and oxygen atoms in total. The molecule has 11 aromatic rings. The summed E-state index contributed by atoms with van der Waals surface area (Å²) in [5.41, 5.74) is 13.6. The zero-order chi connectivity index (χ0) is 56.0. The average Bonchev–Trinajstić information content (AvgIpc) is 0.834. The number of para-hydroxylation sites is 2. The first-order valence-corrected chi connectivity index (χ1v) is 30.9. The second-order valence-corrected chi connectivity index (χ2v) is 26.9. The highest BCUT2D eigenvalue weighted by Crippen LogP contribution is 2.65. The molecule has 15 rings (SSSR count). The van der Waals surface area contributed by atoms with E-state index in [1.807, 2.05) is 48.5 Å². The number of hydrogen-bond donors (Lipinski definition) is 0. The molecule has 0 unspecified atom stereocenters. The van der Waals surface area contributed by atoms with E-state index >= 15 is 0 Å². The topological polar surface area (TPSA) is 74.8 Å². The predicted molar refractivity (Wildman–Crippen MR) is 328 cm³/mol. The molecule has 11 aromatic carbocycles. The average molecular weight is 1100 g/mol. The zero-order valence-corrected chi connectivity index (χ0v) is 47.4. The van der Waals surface area contributed by atoms with E-state index in [0.717, 1.165) is 101 Å². The van der Waals surface area contributed by atoms with Gasteiger partial charge in [-0.05, 0) is 140 Å². The summed E-state index contributed by atoms with van der Waals surface area (Å²) in [5.74, 6) is 0. The van der Waals surface area contributed by atoms with E-state index < -0.39 is 41.3 Å². The fraction of sp³-hybridized carbons (Fsp3) is 0.108. The van der Waals surface area contributed by atoms with E-state index in [1.54, 1.807) is 24.3 Å².